The molecule has 1 atom stereocenters. The Bertz CT molecular complexity index is 443. The van der Waals surface area contributed by atoms with Crippen molar-refractivity contribution in [1.82, 2.24) is 9.78 Å². The predicted octanol–water partition coefficient (Wildman–Crippen LogP) is 3.22. The van der Waals surface area contributed by atoms with Crippen LogP contribution >= 0.6 is 15.9 Å². The van der Waals surface area contributed by atoms with Gasteiger partial charge in [0, 0.05) is 7.11 Å². The van der Waals surface area contributed by atoms with Crippen LogP contribution in [0.4, 0.5) is 0 Å². The van der Waals surface area contributed by atoms with Crippen LogP contribution in [0.2, 0.25) is 0 Å². The zero-order chi connectivity index (χ0) is 13.7. The molecule has 4 nitrogen and oxygen atoms in total. The first-order valence-electron chi connectivity index (χ1n) is 6.78. The molecule has 0 aliphatic heterocycles. The maximum atomic E-state index is 10.5. The fourth-order valence-corrected chi connectivity index (χ4v) is 3.05. The van der Waals surface area contributed by atoms with Crippen LogP contribution in [-0.2, 0) is 11.3 Å². The molecule has 1 unspecified atom stereocenters. The number of aliphatic hydroxyl groups excluding tert-OH is 1. The smallest absolute Gasteiger partial charge is 0.100 e. The average molecular weight is 329 g/mol. The van der Waals surface area contributed by atoms with Crippen LogP contribution in [0.15, 0.2) is 22.3 Å². The fourth-order valence-electron chi connectivity index (χ4n) is 2.49. The summed E-state index contributed by atoms with van der Waals surface area (Å²) in [5.41, 5.74) is 2.22. The van der Waals surface area contributed by atoms with Gasteiger partial charge in [0.2, 0.25) is 0 Å². The Morgan fingerprint density at radius 1 is 1.53 bits per heavy atom. The van der Waals surface area contributed by atoms with Crippen LogP contribution in [0.25, 0.3) is 0 Å². The van der Waals surface area contributed by atoms with Crippen LogP contribution in [0.1, 0.15) is 43.9 Å². The van der Waals surface area contributed by atoms with Crippen molar-refractivity contribution in [3.63, 3.8) is 0 Å². The molecule has 106 valence electrons. The highest BCUT2D eigenvalue weighted by molar-refractivity contribution is 9.10. The van der Waals surface area contributed by atoms with Gasteiger partial charge in [0.15, 0.2) is 0 Å². The molecule has 0 saturated carbocycles. The van der Waals surface area contributed by atoms with Gasteiger partial charge in [-0.05, 0) is 48.0 Å². The normalized spacial score (nSPS) is 17.3. The molecule has 0 spiro atoms. The number of ether oxygens (including phenoxy) is 1. The lowest BCUT2D eigenvalue weighted by atomic mass is 9.94. The van der Waals surface area contributed by atoms with Crippen molar-refractivity contribution in [2.45, 2.75) is 44.8 Å². The van der Waals surface area contributed by atoms with Crippen LogP contribution in [0, 0.1) is 0 Å². The summed E-state index contributed by atoms with van der Waals surface area (Å²) in [6.07, 6.45) is 8.99. The first kappa shape index (κ1) is 14.8. The van der Waals surface area contributed by atoms with Gasteiger partial charge < -0.3 is 9.84 Å². The van der Waals surface area contributed by atoms with Crippen molar-refractivity contribution in [3.05, 3.63) is 28.0 Å². The number of allylic oxidation sites excluding steroid dienone is 1. The lowest BCUT2D eigenvalue weighted by Crippen LogP contribution is -2.13. The third-order valence-corrected chi connectivity index (χ3v) is 4.11. The van der Waals surface area contributed by atoms with Crippen LogP contribution < -0.4 is 0 Å². The molecule has 1 aliphatic carbocycles. The number of methoxy groups -OCH3 is 1. The van der Waals surface area contributed by atoms with E-state index in [1.807, 2.05) is 4.68 Å². The highest BCUT2D eigenvalue weighted by Gasteiger charge is 2.19. The van der Waals surface area contributed by atoms with Crippen LogP contribution in [-0.4, -0.2) is 28.6 Å². The van der Waals surface area contributed by atoms with Crippen LogP contribution in [0.5, 0.6) is 0 Å². The zero-order valence-electron chi connectivity index (χ0n) is 11.3. The Kier molecular flexibility index (Phi) is 5.60. The molecule has 1 aromatic rings. The summed E-state index contributed by atoms with van der Waals surface area (Å²) in [6, 6.07) is 0. The van der Waals surface area contributed by atoms with Crippen molar-refractivity contribution < 1.29 is 9.84 Å². The molecule has 2 rings (SSSR count). The van der Waals surface area contributed by atoms with Crippen molar-refractivity contribution in [2.75, 3.05) is 13.7 Å². The minimum Gasteiger partial charge on any atom is -0.386 e. The lowest BCUT2D eigenvalue weighted by Gasteiger charge is -2.18. The summed E-state index contributed by atoms with van der Waals surface area (Å²) in [6.45, 7) is 1.25. The van der Waals surface area contributed by atoms with Crippen molar-refractivity contribution in [2.24, 2.45) is 0 Å². The topological polar surface area (TPSA) is 47.3 Å². The number of nitrogens with zero attached hydrogens (tertiary/aromatic N) is 2. The van der Waals surface area contributed by atoms with E-state index in [1.54, 1.807) is 13.3 Å². The second-order valence-corrected chi connectivity index (χ2v) is 5.78. The molecule has 0 radical (unpaired) electrons. The Morgan fingerprint density at radius 3 is 3.05 bits per heavy atom. The summed E-state index contributed by atoms with van der Waals surface area (Å²) in [5, 5.41) is 14.7. The Hall–Kier alpha value is -0.650. The Morgan fingerprint density at radius 2 is 2.37 bits per heavy atom. The van der Waals surface area contributed by atoms with Crippen molar-refractivity contribution in [1.29, 1.82) is 0 Å². The van der Waals surface area contributed by atoms with Gasteiger partial charge in [0.25, 0.3) is 0 Å². The molecule has 19 heavy (non-hydrogen) atoms. The molecular weight excluding hydrogens is 308 g/mol. The third kappa shape index (κ3) is 3.91. The molecule has 5 heteroatoms. The quantitative estimate of drug-likeness (QED) is 0.815. The SMILES string of the molecule is COCCn1ncc(Br)c1C(O)CC1=CCCCC1. The standard InChI is InChI=1S/C14H21BrN2O2/c1-19-8-7-17-14(12(15)10-16-17)13(18)9-11-5-3-2-4-6-11/h5,10,13,18H,2-4,6-9H2,1H3. The highest BCUT2D eigenvalue weighted by atomic mass is 79.9. The van der Waals surface area contributed by atoms with E-state index < -0.39 is 6.10 Å². The maximum Gasteiger partial charge on any atom is 0.100 e. The maximum absolute atomic E-state index is 10.5. The number of rotatable bonds is 6. The average Bonchev–Trinajstić information content (AvgIpc) is 2.78. The van der Waals surface area contributed by atoms with E-state index in [0.29, 0.717) is 19.6 Å². The minimum atomic E-state index is -0.502. The number of aliphatic hydroxyl groups is 1. The molecule has 1 heterocycles. The van der Waals surface area contributed by atoms with Gasteiger partial charge in [-0.15, -0.1) is 0 Å². The van der Waals surface area contributed by atoms with Crippen LogP contribution in [0.3, 0.4) is 0 Å². The summed E-state index contributed by atoms with van der Waals surface area (Å²) in [4.78, 5) is 0. The molecule has 0 saturated heterocycles. The number of hydrogen-bond acceptors (Lipinski definition) is 3. The summed E-state index contributed by atoms with van der Waals surface area (Å²) < 4.78 is 7.76. The van der Waals surface area contributed by atoms with Gasteiger partial charge in [-0.25, -0.2) is 0 Å². The van der Waals surface area contributed by atoms with Gasteiger partial charge in [0.05, 0.1) is 29.5 Å². The van der Waals surface area contributed by atoms with E-state index in [-0.39, 0.29) is 0 Å². The molecular formula is C14H21BrN2O2. The van der Waals surface area contributed by atoms with Gasteiger partial charge in [-0.3, -0.25) is 4.68 Å². The van der Waals surface area contributed by atoms with E-state index in [4.69, 9.17) is 4.74 Å². The summed E-state index contributed by atoms with van der Waals surface area (Å²) in [7, 11) is 1.67. The summed E-state index contributed by atoms with van der Waals surface area (Å²) in [5.74, 6) is 0. The van der Waals surface area contributed by atoms with E-state index in [0.717, 1.165) is 23.0 Å². The highest BCUT2D eigenvalue weighted by Crippen LogP contribution is 2.31. The van der Waals surface area contributed by atoms with E-state index >= 15 is 0 Å². The predicted molar refractivity (Wildman–Crippen MR) is 77.9 cm³/mol. The second kappa shape index (κ2) is 7.22. The monoisotopic (exact) mass is 328 g/mol. The van der Waals surface area contributed by atoms with Gasteiger partial charge in [-0.2, -0.15) is 5.10 Å². The second-order valence-electron chi connectivity index (χ2n) is 4.92. The molecule has 0 aromatic carbocycles. The first-order chi connectivity index (χ1) is 9.22. The van der Waals surface area contributed by atoms with E-state index in [2.05, 4.69) is 27.1 Å². The van der Waals surface area contributed by atoms with Gasteiger partial charge in [-0.1, -0.05) is 11.6 Å². The fraction of sp³-hybridized carbons (Fsp3) is 0.643. The number of aromatic nitrogens is 2. The largest absolute Gasteiger partial charge is 0.386 e. The number of hydrogen-bond donors (Lipinski definition) is 1. The lowest BCUT2D eigenvalue weighted by molar-refractivity contribution is 0.151. The molecule has 1 N–H and O–H groups in total. The molecule has 0 bridgehead atoms. The van der Waals surface area contributed by atoms with Gasteiger partial charge >= 0.3 is 0 Å². The summed E-state index contributed by atoms with van der Waals surface area (Å²) >= 11 is 3.47. The van der Waals surface area contributed by atoms with Gasteiger partial charge in [0.1, 0.15) is 6.10 Å². The first-order valence-corrected chi connectivity index (χ1v) is 7.57. The molecule has 0 amide bonds. The van der Waals surface area contributed by atoms with E-state index in [1.165, 1.54) is 18.4 Å². The molecule has 0 fully saturated rings. The number of halogens is 1. The van der Waals surface area contributed by atoms with E-state index in [9.17, 15) is 5.11 Å². The minimum absolute atomic E-state index is 0.502. The van der Waals surface area contributed by atoms with Crippen molar-refractivity contribution in [3.8, 4) is 0 Å². The Labute approximate surface area is 122 Å². The third-order valence-electron chi connectivity index (χ3n) is 3.50. The Balaban J connectivity index is 2.06. The molecule has 1 aromatic heterocycles. The van der Waals surface area contributed by atoms with Crippen molar-refractivity contribution >= 4 is 15.9 Å². The molecule has 1 aliphatic rings. The zero-order valence-corrected chi connectivity index (χ0v) is 12.9.